The predicted molar refractivity (Wildman–Crippen MR) is 65.5 cm³/mol. The van der Waals surface area contributed by atoms with E-state index in [2.05, 4.69) is 36.6 Å². The van der Waals surface area contributed by atoms with Crippen LogP contribution in [0.15, 0.2) is 29.6 Å². The zero-order valence-electron chi connectivity index (χ0n) is 8.97. The highest BCUT2D eigenvalue weighted by Gasteiger charge is 2.08. The molecule has 0 aliphatic carbocycles. The van der Waals surface area contributed by atoms with E-state index in [-0.39, 0.29) is 0 Å². The molecule has 15 heavy (non-hydrogen) atoms. The Balaban J connectivity index is 2.27. The molecule has 4 heteroatoms. The van der Waals surface area contributed by atoms with Gasteiger partial charge in [-0.05, 0) is 23.5 Å². The number of hydrogen-bond donors (Lipinski definition) is 1. The Morgan fingerprint density at radius 2 is 2.00 bits per heavy atom. The third-order valence-electron chi connectivity index (χ3n) is 2.41. The molecule has 0 saturated heterocycles. The number of rotatable bonds is 3. The summed E-state index contributed by atoms with van der Waals surface area (Å²) in [7, 11) is 1.83. The van der Waals surface area contributed by atoms with Crippen LogP contribution in [0, 0.1) is 0 Å². The standard InChI is InChI=1S/C11H15N3S/c1-3-9-4-6-10(7-5-9)11-8-15-14(11)13(2)12/h4-8H,3,12H2,1-2H3. The molecule has 2 N–H and O–H groups in total. The number of nitrogens with zero attached hydrogens (tertiary/aromatic N) is 2. The average Bonchev–Trinajstić information content (AvgIpc) is 2.16. The maximum atomic E-state index is 5.68. The Labute approximate surface area is 93.8 Å². The quantitative estimate of drug-likeness (QED) is 0.637. The summed E-state index contributed by atoms with van der Waals surface area (Å²) in [6.07, 6.45) is 1.08. The van der Waals surface area contributed by atoms with Crippen LogP contribution in [-0.4, -0.2) is 11.1 Å². The topological polar surface area (TPSA) is 34.2 Å². The van der Waals surface area contributed by atoms with Crippen molar-refractivity contribution in [3.8, 4) is 11.3 Å². The lowest BCUT2D eigenvalue weighted by molar-refractivity contribution is 0.733. The van der Waals surface area contributed by atoms with Crippen LogP contribution in [0.3, 0.4) is 0 Å². The zero-order valence-corrected chi connectivity index (χ0v) is 9.79. The molecule has 1 heterocycles. The van der Waals surface area contributed by atoms with Gasteiger partial charge in [0.1, 0.15) is 0 Å². The zero-order chi connectivity index (χ0) is 10.8. The third kappa shape index (κ3) is 1.91. The molecule has 0 saturated carbocycles. The summed E-state index contributed by atoms with van der Waals surface area (Å²) in [5.41, 5.74) is 3.73. The largest absolute Gasteiger partial charge is 0.242 e. The van der Waals surface area contributed by atoms with E-state index >= 15 is 0 Å². The minimum Gasteiger partial charge on any atom is -0.242 e. The maximum absolute atomic E-state index is 5.68. The summed E-state index contributed by atoms with van der Waals surface area (Å²) in [5.74, 6) is 5.68. The Morgan fingerprint density at radius 3 is 2.40 bits per heavy atom. The normalized spacial score (nSPS) is 10.6. The van der Waals surface area contributed by atoms with Gasteiger partial charge in [0.2, 0.25) is 0 Å². The van der Waals surface area contributed by atoms with Gasteiger partial charge in [-0.3, -0.25) is 0 Å². The molecule has 0 aliphatic rings. The summed E-state index contributed by atoms with van der Waals surface area (Å²) in [6.45, 7) is 2.16. The smallest absolute Gasteiger partial charge is 0.0943 e. The highest BCUT2D eigenvalue weighted by molar-refractivity contribution is 7.06. The average molecular weight is 221 g/mol. The van der Waals surface area contributed by atoms with Crippen molar-refractivity contribution < 1.29 is 0 Å². The summed E-state index contributed by atoms with van der Waals surface area (Å²) in [5, 5.41) is 3.69. The Bertz CT molecular complexity index is 425. The van der Waals surface area contributed by atoms with Crippen molar-refractivity contribution in [1.82, 2.24) is 4.07 Å². The first-order valence-electron chi connectivity index (χ1n) is 4.97. The molecule has 0 aliphatic heterocycles. The Kier molecular flexibility index (Phi) is 2.79. The van der Waals surface area contributed by atoms with E-state index in [1.807, 2.05) is 11.1 Å². The van der Waals surface area contributed by atoms with Gasteiger partial charge in [-0.2, -0.15) is 4.07 Å². The number of aryl methyl sites for hydroxylation is 1. The maximum Gasteiger partial charge on any atom is 0.0943 e. The van der Waals surface area contributed by atoms with E-state index in [1.54, 1.807) is 16.7 Å². The fraction of sp³-hybridized carbons (Fsp3) is 0.273. The van der Waals surface area contributed by atoms with E-state index in [0.29, 0.717) is 0 Å². The van der Waals surface area contributed by atoms with Gasteiger partial charge in [-0.25, -0.2) is 11.0 Å². The van der Waals surface area contributed by atoms with Crippen molar-refractivity contribution in [2.45, 2.75) is 13.3 Å². The van der Waals surface area contributed by atoms with Crippen LogP contribution in [-0.2, 0) is 6.42 Å². The molecule has 0 amide bonds. The molecule has 2 aromatic rings. The van der Waals surface area contributed by atoms with Gasteiger partial charge in [-0.15, -0.1) is 0 Å². The van der Waals surface area contributed by atoms with Crippen LogP contribution in [0.5, 0.6) is 0 Å². The summed E-state index contributed by atoms with van der Waals surface area (Å²) in [4.78, 5) is 0. The lowest BCUT2D eigenvalue weighted by atomic mass is 10.1. The highest BCUT2D eigenvalue weighted by atomic mass is 32.1. The fourth-order valence-electron chi connectivity index (χ4n) is 1.49. The van der Waals surface area contributed by atoms with Crippen LogP contribution in [0.4, 0.5) is 0 Å². The summed E-state index contributed by atoms with van der Waals surface area (Å²) >= 11 is 1.60. The monoisotopic (exact) mass is 221 g/mol. The third-order valence-corrected chi connectivity index (χ3v) is 3.40. The van der Waals surface area contributed by atoms with Crippen molar-refractivity contribution >= 4 is 11.5 Å². The SMILES string of the molecule is CCc1ccc(-c2csn2N(C)N)cc1. The van der Waals surface area contributed by atoms with Gasteiger partial charge in [-0.1, -0.05) is 31.2 Å². The molecule has 3 nitrogen and oxygen atoms in total. The lowest BCUT2D eigenvalue weighted by Crippen LogP contribution is -2.37. The van der Waals surface area contributed by atoms with Gasteiger partial charge >= 0.3 is 0 Å². The second kappa shape index (κ2) is 4.08. The molecule has 80 valence electrons. The molecular formula is C11H15N3S. The Hall–Kier alpha value is -1.26. The van der Waals surface area contributed by atoms with Crippen LogP contribution < -0.4 is 11.0 Å². The minimum atomic E-state index is 1.08. The molecule has 1 aromatic carbocycles. The van der Waals surface area contributed by atoms with Gasteiger partial charge in [0.25, 0.3) is 0 Å². The van der Waals surface area contributed by atoms with E-state index in [4.69, 9.17) is 5.84 Å². The molecule has 0 spiro atoms. The molecule has 1 aromatic heterocycles. The predicted octanol–water partition coefficient (Wildman–Crippen LogP) is 2.22. The molecule has 0 radical (unpaired) electrons. The molecule has 0 bridgehead atoms. The van der Waals surface area contributed by atoms with Crippen molar-refractivity contribution in [2.75, 3.05) is 12.2 Å². The molecule has 0 atom stereocenters. The fourth-order valence-corrected chi connectivity index (χ4v) is 2.18. The molecule has 2 rings (SSSR count). The van der Waals surface area contributed by atoms with Crippen molar-refractivity contribution in [3.05, 3.63) is 35.2 Å². The summed E-state index contributed by atoms with van der Waals surface area (Å²) in [6, 6.07) is 8.60. The van der Waals surface area contributed by atoms with E-state index in [9.17, 15) is 0 Å². The van der Waals surface area contributed by atoms with E-state index < -0.39 is 0 Å². The second-order valence-corrected chi connectivity index (χ2v) is 4.30. The van der Waals surface area contributed by atoms with Crippen molar-refractivity contribution in [3.63, 3.8) is 0 Å². The van der Waals surface area contributed by atoms with Gasteiger partial charge < -0.3 is 0 Å². The molecule has 0 fully saturated rings. The van der Waals surface area contributed by atoms with Crippen LogP contribution in [0.25, 0.3) is 11.3 Å². The van der Waals surface area contributed by atoms with Crippen LogP contribution in [0.1, 0.15) is 12.5 Å². The highest BCUT2D eigenvalue weighted by Crippen LogP contribution is 2.25. The van der Waals surface area contributed by atoms with Crippen LogP contribution in [0.2, 0.25) is 0 Å². The minimum absolute atomic E-state index is 1.08. The van der Waals surface area contributed by atoms with Crippen molar-refractivity contribution in [1.29, 1.82) is 0 Å². The van der Waals surface area contributed by atoms with Crippen molar-refractivity contribution in [2.24, 2.45) is 5.84 Å². The number of hydrazine groups is 1. The first-order chi connectivity index (χ1) is 7.22. The second-order valence-electron chi connectivity index (χ2n) is 3.51. The van der Waals surface area contributed by atoms with Gasteiger partial charge in [0.05, 0.1) is 5.69 Å². The molecular weight excluding hydrogens is 206 g/mol. The number of benzene rings is 1. The number of hydrogen-bond acceptors (Lipinski definition) is 3. The number of aromatic nitrogens is 1. The van der Waals surface area contributed by atoms with Gasteiger partial charge in [0, 0.05) is 18.0 Å². The van der Waals surface area contributed by atoms with E-state index in [1.165, 1.54) is 11.1 Å². The first kappa shape index (κ1) is 10.3. The Morgan fingerprint density at radius 1 is 1.33 bits per heavy atom. The van der Waals surface area contributed by atoms with Crippen LogP contribution >= 0.6 is 11.5 Å². The summed E-state index contributed by atoms with van der Waals surface area (Å²) < 4.78 is 1.96. The van der Waals surface area contributed by atoms with Gasteiger partial charge in [0.15, 0.2) is 0 Å². The first-order valence-corrected chi connectivity index (χ1v) is 5.80. The molecule has 0 unspecified atom stereocenters. The van der Waals surface area contributed by atoms with E-state index in [0.717, 1.165) is 12.1 Å². The lowest BCUT2D eigenvalue weighted by Gasteiger charge is -2.22. The number of nitrogens with two attached hydrogens (primary N) is 1.